The highest BCUT2D eigenvalue weighted by Gasteiger charge is 2.09. The smallest absolute Gasteiger partial charge is 0.0757 e. The minimum Gasteiger partial charge on any atom is -0.391 e. The van der Waals surface area contributed by atoms with Crippen LogP contribution in [0.5, 0.6) is 0 Å². The number of benzene rings is 1. The highest BCUT2D eigenvalue weighted by molar-refractivity contribution is 7.98. The lowest BCUT2D eigenvalue weighted by Crippen LogP contribution is -2.33. The SMILES string of the molecule is CCN(CC)CC(O)CSCc1ccc(Cl)cc1Cl. The van der Waals surface area contributed by atoms with Crippen LogP contribution in [-0.4, -0.2) is 41.5 Å². The number of rotatable bonds is 8. The third-order valence-corrected chi connectivity index (χ3v) is 4.67. The molecule has 1 atom stereocenters. The zero-order valence-electron chi connectivity index (χ0n) is 11.4. The lowest BCUT2D eigenvalue weighted by atomic mass is 10.2. The number of thioether (sulfide) groups is 1. The van der Waals surface area contributed by atoms with Crippen molar-refractivity contribution in [3.05, 3.63) is 33.8 Å². The molecule has 1 N–H and O–H groups in total. The fourth-order valence-corrected chi connectivity index (χ4v) is 3.30. The van der Waals surface area contributed by atoms with E-state index in [0.29, 0.717) is 10.0 Å². The molecule has 1 aromatic carbocycles. The molecule has 0 aromatic heterocycles. The molecular weight excluding hydrogens is 301 g/mol. The van der Waals surface area contributed by atoms with E-state index in [9.17, 15) is 5.11 Å². The fraction of sp³-hybridized carbons (Fsp3) is 0.571. The van der Waals surface area contributed by atoms with Gasteiger partial charge in [0.05, 0.1) is 6.10 Å². The van der Waals surface area contributed by atoms with Gasteiger partial charge in [0.2, 0.25) is 0 Å². The van der Waals surface area contributed by atoms with Crippen molar-refractivity contribution in [3.8, 4) is 0 Å². The molecule has 19 heavy (non-hydrogen) atoms. The van der Waals surface area contributed by atoms with Crippen LogP contribution in [0.25, 0.3) is 0 Å². The molecule has 1 aromatic rings. The molecule has 1 unspecified atom stereocenters. The van der Waals surface area contributed by atoms with Gasteiger partial charge >= 0.3 is 0 Å². The first-order valence-corrected chi connectivity index (χ1v) is 8.40. The van der Waals surface area contributed by atoms with Gasteiger partial charge in [0.15, 0.2) is 0 Å². The summed E-state index contributed by atoms with van der Waals surface area (Å²) in [6.45, 7) is 6.89. The van der Waals surface area contributed by atoms with Crippen molar-refractivity contribution in [1.82, 2.24) is 4.90 Å². The average molecular weight is 322 g/mol. The Morgan fingerprint density at radius 3 is 2.53 bits per heavy atom. The van der Waals surface area contributed by atoms with E-state index in [1.54, 1.807) is 17.8 Å². The molecule has 0 radical (unpaired) electrons. The lowest BCUT2D eigenvalue weighted by molar-refractivity contribution is 0.137. The molecule has 0 spiro atoms. The van der Waals surface area contributed by atoms with Crippen LogP contribution in [0.15, 0.2) is 18.2 Å². The topological polar surface area (TPSA) is 23.5 Å². The quantitative estimate of drug-likeness (QED) is 0.784. The van der Waals surface area contributed by atoms with Gasteiger partial charge in [-0.05, 0) is 30.8 Å². The van der Waals surface area contributed by atoms with E-state index in [1.165, 1.54) is 0 Å². The van der Waals surface area contributed by atoms with Crippen molar-refractivity contribution < 1.29 is 5.11 Å². The summed E-state index contributed by atoms with van der Waals surface area (Å²) in [5.74, 6) is 1.51. The molecule has 0 heterocycles. The maximum absolute atomic E-state index is 9.96. The van der Waals surface area contributed by atoms with Gasteiger partial charge in [-0.15, -0.1) is 0 Å². The number of nitrogens with zero attached hydrogens (tertiary/aromatic N) is 1. The summed E-state index contributed by atoms with van der Waals surface area (Å²) in [6.07, 6.45) is -0.295. The minimum atomic E-state index is -0.295. The Morgan fingerprint density at radius 1 is 1.26 bits per heavy atom. The second-order valence-corrected chi connectivity index (χ2v) is 6.26. The van der Waals surface area contributed by atoms with E-state index >= 15 is 0 Å². The van der Waals surface area contributed by atoms with E-state index < -0.39 is 0 Å². The summed E-state index contributed by atoms with van der Waals surface area (Å²) in [5.41, 5.74) is 1.06. The summed E-state index contributed by atoms with van der Waals surface area (Å²) >= 11 is 13.7. The van der Waals surface area contributed by atoms with E-state index in [2.05, 4.69) is 18.7 Å². The van der Waals surface area contributed by atoms with Crippen LogP contribution in [0.4, 0.5) is 0 Å². The summed E-state index contributed by atoms with van der Waals surface area (Å²) < 4.78 is 0. The number of aliphatic hydroxyl groups is 1. The van der Waals surface area contributed by atoms with Gasteiger partial charge in [-0.2, -0.15) is 11.8 Å². The predicted molar refractivity (Wildman–Crippen MR) is 86.4 cm³/mol. The Hall–Kier alpha value is 0.0700. The van der Waals surface area contributed by atoms with Gasteiger partial charge in [-0.3, -0.25) is 0 Å². The second kappa shape index (κ2) is 9.09. The number of halogens is 2. The highest BCUT2D eigenvalue weighted by atomic mass is 35.5. The number of likely N-dealkylation sites (N-methyl/N-ethyl adjacent to an activating group) is 1. The van der Waals surface area contributed by atoms with Crippen LogP contribution in [0.1, 0.15) is 19.4 Å². The predicted octanol–water partition coefficient (Wildman–Crippen LogP) is 3.93. The molecule has 0 bridgehead atoms. The molecule has 0 aliphatic heterocycles. The monoisotopic (exact) mass is 321 g/mol. The summed E-state index contributed by atoms with van der Waals surface area (Å²) in [5, 5.41) is 11.3. The van der Waals surface area contributed by atoms with Crippen molar-refractivity contribution in [2.45, 2.75) is 25.7 Å². The third-order valence-electron chi connectivity index (χ3n) is 2.95. The Bertz CT molecular complexity index is 386. The first kappa shape index (κ1) is 17.1. The van der Waals surface area contributed by atoms with Crippen LogP contribution in [-0.2, 0) is 5.75 Å². The third kappa shape index (κ3) is 6.37. The van der Waals surface area contributed by atoms with Gasteiger partial charge in [0, 0.05) is 28.1 Å². The van der Waals surface area contributed by atoms with Crippen LogP contribution >= 0.6 is 35.0 Å². The van der Waals surface area contributed by atoms with Crippen molar-refractivity contribution in [3.63, 3.8) is 0 Å². The molecule has 0 fully saturated rings. The molecule has 0 amide bonds. The molecule has 5 heteroatoms. The molecule has 0 aliphatic carbocycles. The van der Waals surface area contributed by atoms with E-state index in [1.807, 2.05) is 12.1 Å². The fourth-order valence-electron chi connectivity index (χ4n) is 1.78. The normalized spacial score (nSPS) is 12.9. The standard InChI is InChI=1S/C14H21Cl2NOS/c1-3-17(4-2)8-13(18)10-19-9-11-5-6-12(15)7-14(11)16/h5-7,13,18H,3-4,8-10H2,1-2H3. The Labute approximate surface area is 130 Å². The Kier molecular flexibility index (Phi) is 8.19. The van der Waals surface area contributed by atoms with Gasteiger partial charge in [-0.25, -0.2) is 0 Å². The zero-order valence-corrected chi connectivity index (χ0v) is 13.7. The zero-order chi connectivity index (χ0) is 14.3. The maximum atomic E-state index is 9.96. The summed E-state index contributed by atoms with van der Waals surface area (Å²) in [7, 11) is 0. The van der Waals surface area contributed by atoms with Crippen LogP contribution < -0.4 is 0 Å². The molecule has 2 nitrogen and oxygen atoms in total. The Morgan fingerprint density at radius 2 is 1.95 bits per heavy atom. The first-order chi connectivity index (χ1) is 9.06. The number of aliphatic hydroxyl groups excluding tert-OH is 1. The largest absolute Gasteiger partial charge is 0.391 e. The Balaban J connectivity index is 2.33. The highest BCUT2D eigenvalue weighted by Crippen LogP contribution is 2.24. The van der Waals surface area contributed by atoms with Gasteiger partial charge in [0.1, 0.15) is 0 Å². The van der Waals surface area contributed by atoms with E-state index in [0.717, 1.165) is 36.7 Å². The van der Waals surface area contributed by atoms with Crippen molar-refractivity contribution in [2.75, 3.05) is 25.4 Å². The maximum Gasteiger partial charge on any atom is 0.0757 e. The molecule has 0 saturated carbocycles. The van der Waals surface area contributed by atoms with Crippen molar-refractivity contribution >= 4 is 35.0 Å². The van der Waals surface area contributed by atoms with Crippen LogP contribution in [0.2, 0.25) is 10.0 Å². The summed E-state index contributed by atoms with van der Waals surface area (Å²) in [6, 6.07) is 5.54. The van der Waals surface area contributed by atoms with Gasteiger partial charge in [0.25, 0.3) is 0 Å². The molecule has 0 aliphatic rings. The van der Waals surface area contributed by atoms with Crippen molar-refractivity contribution in [1.29, 1.82) is 0 Å². The number of hydrogen-bond donors (Lipinski definition) is 1. The summed E-state index contributed by atoms with van der Waals surface area (Å²) in [4.78, 5) is 2.22. The number of hydrogen-bond acceptors (Lipinski definition) is 3. The van der Waals surface area contributed by atoms with Gasteiger partial charge in [-0.1, -0.05) is 43.1 Å². The van der Waals surface area contributed by atoms with Gasteiger partial charge < -0.3 is 10.0 Å². The first-order valence-electron chi connectivity index (χ1n) is 6.48. The van der Waals surface area contributed by atoms with Crippen LogP contribution in [0, 0.1) is 0 Å². The molecule has 108 valence electrons. The minimum absolute atomic E-state index is 0.295. The second-order valence-electron chi connectivity index (χ2n) is 4.39. The van der Waals surface area contributed by atoms with Crippen LogP contribution in [0.3, 0.4) is 0 Å². The van der Waals surface area contributed by atoms with Crippen molar-refractivity contribution in [2.24, 2.45) is 0 Å². The average Bonchev–Trinajstić information content (AvgIpc) is 2.38. The molecule has 1 rings (SSSR count). The molecular formula is C14H21Cl2NOS. The molecule has 0 saturated heterocycles. The van der Waals surface area contributed by atoms with E-state index in [4.69, 9.17) is 23.2 Å². The van der Waals surface area contributed by atoms with E-state index in [-0.39, 0.29) is 6.10 Å². The lowest BCUT2D eigenvalue weighted by Gasteiger charge is -2.21.